The van der Waals surface area contributed by atoms with Crippen molar-refractivity contribution in [1.82, 2.24) is 9.21 Å². The van der Waals surface area contributed by atoms with Gasteiger partial charge >= 0.3 is 0 Å². The zero-order valence-corrected chi connectivity index (χ0v) is 17.6. The van der Waals surface area contributed by atoms with E-state index in [1.807, 2.05) is 44.1 Å². The summed E-state index contributed by atoms with van der Waals surface area (Å²) in [6.07, 6.45) is 1.13. The lowest BCUT2D eigenvalue weighted by molar-refractivity contribution is -0.116. The number of likely N-dealkylation sites (N-methyl/N-ethyl adjacent to an activating group) is 1. The van der Waals surface area contributed by atoms with E-state index >= 15 is 0 Å². The van der Waals surface area contributed by atoms with Gasteiger partial charge in [-0.25, -0.2) is 8.42 Å². The Labute approximate surface area is 158 Å². The topological polar surface area (TPSA) is 73.0 Å². The zero-order chi connectivity index (χ0) is 19.9. The van der Waals surface area contributed by atoms with Gasteiger partial charge in [0.25, 0.3) is 0 Å². The number of benzene rings is 1. The first-order valence-electron chi connectivity index (χ1n) is 8.83. The molecule has 1 N–H and O–H groups in total. The third kappa shape index (κ3) is 6.93. The maximum atomic E-state index is 12.4. The second kappa shape index (κ2) is 9.89. The van der Waals surface area contributed by atoms with Crippen LogP contribution in [0.5, 0.6) is 0 Å². The monoisotopic (exact) mass is 384 g/mol. The number of aryl methyl sites for hydroxylation is 1. The average Bonchev–Trinajstić information content (AvgIpc) is 2.53. The van der Waals surface area contributed by atoms with Crippen molar-refractivity contribution in [3.05, 3.63) is 23.8 Å². The van der Waals surface area contributed by atoms with Gasteiger partial charge in [0, 0.05) is 37.6 Å². The molecule has 1 aromatic carbocycles. The Balaban J connectivity index is 2.82. The molecule has 0 aliphatic heterocycles. The number of carbonyl (C=O) groups is 1. The quantitative estimate of drug-likeness (QED) is 0.663. The second-order valence-electron chi connectivity index (χ2n) is 6.62. The smallest absolute Gasteiger partial charge is 0.239 e. The van der Waals surface area contributed by atoms with Gasteiger partial charge in [-0.2, -0.15) is 4.31 Å². The molecule has 26 heavy (non-hydrogen) atoms. The van der Waals surface area contributed by atoms with E-state index in [0.29, 0.717) is 12.2 Å². The van der Waals surface area contributed by atoms with E-state index in [4.69, 9.17) is 0 Å². The second-order valence-corrected chi connectivity index (χ2v) is 8.60. The van der Waals surface area contributed by atoms with E-state index in [0.717, 1.165) is 30.6 Å². The Kier molecular flexibility index (Phi) is 8.52. The maximum absolute atomic E-state index is 12.4. The van der Waals surface area contributed by atoms with Crippen molar-refractivity contribution in [3.63, 3.8) is 0 Å². The van der Waals surface area contributed by atoms with E-state index in [-0.39, 0.29) is 19.0 Å². The number of sulfonamides is 1. The number of nitrogens with zero attached hydrogens (tertiary/aromatic N) is 3. The van der Waals surface area contributed by atoms with Crippen LogP contribution in [0.25, 0.3) is 0 Å². The van der Waals surface area contributed by atoms with Gasteiger partial charge in [0.15, 0.2) is 0 Å². The largest absolute Gasteiger partial charge is 0.372 e. The summed E-state index contributed by atoms with van der Waals surface area (Å²) in [4.78, 5) is 16.5. The van der Waals surface area contributed by atoms with Gasteiger partial charge in [-0.3, -0.25) is 4.79 Å². The fourth-order valence-electron chi connectivity index (χ4n) is 2.60. The van der Waals surface area contributed by atoms with Crippen LogP contribution >= 0.6 is 0 Å². The van der Waals surface area contributed by atoms with Crippen LogP contribution in [-0.2, 0) is 14.8 Å². The van der Waals surface area contributed by atoms with E-state index in [9.17, 15) is 13.2 Å². The van der Waals surface area contributed by atoms with Gasteiger partial charge in [-0.15, -0.1) is 0 Å². The van der Waals surface area contributed by atoms with Gasteiger partial charge < -0.3 is 15.1 Å². The van der Waals surface area contributed by atoms with Gasteiger partial charge in [0.2, 0.25) is 15.9 Å². The molecule has 7 nitrogen and oxygen atoms in total. The van der Waals surface area contributed by atoms with Gasteiger partial charge in [0.1, 0.15) is 0 Å². The van der Waals surface area contributed by atoms with Crippen molar-refractivity contribution in [2.45, 2.75) is 20.8 Å². The summed E-state index contributed by atoms with van der Waals surface area (Å²) in [6, 6.07) is 5.87. The van der Waals surface area contributed by atoms with Crippen LogP contribution in [-0.4, -0.2) is 76.6 Å². The molecule has 0 aromatic heterocycles. The molecule has 0 spiro atoms. The summed E-state index contributed by atoms with van der Waals surface area (Å²) in [5.74, 6) is -0.340. The molecule has 1 rings (SSSR count). The molecule has 0 bridgehead atoms. The van der Waals surface area contributed by atoms with Crippen LogP contribution in [0.2, 0.25) is 0 Å². The molecule has 8 heteroatoms. The van der Waals surface area contributed by atoms with Crippen molar-refractivity contribution in [1.29, 1.82) is 0 Å². The fourth-order valence-corrected chi connectivity index (χ4v) is 3.36. The third-order valence-electron chi connectivity index (χ3n) is 4.20. The first kappa shape index (κ1) is 22.4. The minimum atomic E-state index is -3.44. The number of hydrogen-bond donors (Lipinski definition) is 1. The Morgan fingerprint density at radius 3 is 2.19 bits per heavy atom. The highest BCUT2D eigenvalue weighted by atomic mass is 32.2. The molecule has 0 heterocycles. The predicted octanol–water partition coefficient (Wildman–Crippen LogP) is 1.60. The summed E-state index contributed by atoms with van der Waals surface area (Å²) in [7, 11) is 0.281. The Bertz CT molecular complexity index is 700. The number of anilines is 2. The predicted molar refractivity (Wildman–Crippen MR) is 108 cm³/mol. The van der Waals surface area contributed by atoms with E-state index < -0.39 is 10.0 Å². The molecule has 0 unspecified atom stereocenters. The SMILES string of the molecule is CCN(CC)c1ccc(NC(=O)CN(CCN(C)C)S(C)(=O)=O)c(C)c1. The normalized spacial score (nSPS) is 11.8. The molecule has 1 aromatic rings. The van der Waals surface area contributed by atoms with Crippen LogP contribution in [0.1, 0.15) is 19.4 Å². The molecular formula is C18H32N4O3S. The third-order valence-corrected chi connectivity index (χ3v) is 5.45. The van der Waals surface area contributed by atoms with Crippen molar-refractivity contribution in [3.8, 4) is 0 Å². The highest BCUT2D eigenvalue weighted by molar-refractivity contribution is 7.88. The van der Waals surface area contributed by atoms with Gasteiger partial charge in [-0.05, 0) is 58.6 Å². The van der Waals surface area contributed by atoms with E-state index in [1.54, 1.807) is 0 Å². The Hall–Kier alpha value is -1.64. The standard InChI is InChI=1S/C18H32N4O3S/c1-7-21(8-2)16-9-10-17(15(3)13-16)19-18(23)14-22(26(6,24)25)12-11-20(4)5/h9-10,13H,7-8,11-12,14H2,1-6H3,(H,19,23). The lowest BCUT2D eigenvalue weighted by atomic mass is 10.1. The Morgan fingerprint density at radius 2 is 1.73 bits per heavy atom. The fraction of sp³-hybridized carbons (Fsp3) is 0.611. The molecule has 0 fully saturated rings. The van der Waals surface area contributed by atoms with Crippen molar-refractivity contribution >= 4 is 27.3 Å². The first-order chi connectivity index (χ1) is 12.1. The van der Waals surface area contributed by atoms with Crippen LogP contribution in [0.15, 0.2) is 18.2 Å². The molecule has 0 radical (unpaired) electrons. The molecule has 0 aliphatic rings. The average molecular weight is 385 g/mol. The highest BCUT2D eigenvalue weighted by Gasteiger charge is 2.20. The van der Waals surface area contributed by atoms with E-state index in [2.05, 4.69) is 24.1 Å². The number of carbonyl (C=O) groups excluding carboxylic acids is 1. The summed E-state index contributed by atoms with van der Waals surface area (Å²) in [6.45, 7) is 8.60. The van der Waals surface area contributed by atoms with Gasteiger partial charge in [0.05, 0.1) is 12.8 Å². The number of hydrogen-bond acceptors (Lipinski definition) is 5. The van der Waals surface area contributed by atoms with Crippen molar-refractivity contribution in [2.75, 3.05) is 63.3 Å². The lowest BCUT2D eigenvalue weighted by Gasteiger charge is -2.23. The lowest BCUT2D eigenvalue weighted by Crippen LogP contribution is -2.41. The van der Waals surface area contributed by atoms with E-state index in [1.165, 1.54) is 4.31 Å². The molecule has 0 saturated carbocycles. The summed E-state index contributed by atoms with van der Waals surface area (Å²) in [5.41, 5.74) is 2.75. The molecule has 0 saturated heterocycles. The van der Waals surface area contributed by atoms with Crippen molar-refractivity contribution < 1.29 is 13.2 Å². The van der Waals surface area contributed by atoms with Crippen LogP contribution < -0.4 is 10.2 Å². The highest BCUT2D eigenvalue weighted by Crippen LogP contribution is 2.22. The first-order valence-corrected chi connectivity index (χ1v) is 10.7. The molecule has 0 atom stereocenters. The van der Waals surface area contributed by atoms with Crippen molar-refractivity contribution in [2.24, 2.45) is 0 Å². The minimum absolute atomic E-state index is 0.191. The summed E-state index contributed by atoms with van der Waals surface area (Å²) < 4.78 is 25.0. The molecular weight excluding hydrogens is 352 g/mol. The Morgan fingerprint density at radius 1 is 1.12 bits per heavy atom. The van der Waals surface area contributed by atoms with Crippen LogP contribution in [0.3, 0.4) is 0 Å². The summed E-state index contributed by atoms with van der Waals surface area (Å²) >= 11 is 0. The maximum Gasteiger partial charge on any atom is 0.239 e. The zero-order valence-electron chi connectivity index (χ0n) is 16.7. The molecule has 148 valence electrons. The number of nitrogens with one attached hydrogen (secondary N) is 1. The molecule has 0 aliphatic carbocycles. The number of amides is 1. The molecule has 1 amide bonds. The van der Waals surface area contributed by atoms with Crippen LogP contribution in [0.4, 0.5) is 11.4 Å². The number of rotatable bonds is 10. The summed E-state index contributed by atoms with van der Waals surface area (Å²) in [5, 5.41) is 2.83. The van der Waals surface area contributed by atoms with Crippen LogP contribution in [0, 0.1) is 6.92 Å². The minimum Gasteiger partial charge on any atom is -0.372 e. The van der Waals surface area contributed by atoms with Gasteiger partial charge in [-0.1, -0.05) is 0 Å².